The minimum atomic E-state index is -3.71. The van der Waals surface area contributed by atoms with Gasteiger partial charge in [-0.15, -0.1) is 0 Å². The Bertz CT molecular complexity index is 1260. The highest BCUT2D eigenvalue weighted by Gasteiger charge is 2.34. The van der Waals surface area contributed by atoms with Gasteiger partial charge >= 0.3 is 0 Å². The molecular formula is C27H34N4O3S. The molecule has 0 bridgehead atoms. The second kappa shape index (κ2) is 10.5. The van der Waals surface area contributed by atoms with E-state index < -0.39 is 10.0 Å². The van der Waals surface area contributed by atoms with Crippen LogP contribution < -0.4 is 5.32 Å². The van der Waals surface area contributed by atoms with Gasteiger partial charge in [0.05, 0.1) is 21.8 Å². The molecule has 5 rings (SSSR count). The molecule has 1 atom stereocenters. The topological polar surface area (TPSA) is 95.2 Å². The van der Waals surface area contributed by atoms with E-state index >= 15 is 0 Å². The molecule has 2 fully saturated rings. The highest BCUT2D eigenvalue weighted by atomic mass is 32.2. The zero-order valence-corrected chi connectivity index (χ0v) is 20.9. The Balaban J connectivity index is 1.30. The van der Waals surface area contributed by atoms with Gasteiger partial charge in [0.2, 0.25) is 15.9 Å². The molecule has 186 valence electrons. The van der Waals surface area contributed by atoms with Gasteiger partial charge in [-0.1, -0.05) is 62.4 Å². The van der Waals surface area contributed by atoms with Crippen molar-refractivity contribution in [3.63, 3.8) is 0 Å². The van der Waals surface area contributed by atoms with Gasteiger partial charge in [-0.3, -0.25) is 4.79 Å². The Labute approximate surface area is 207 Å². The molecule has 1 aliphatic heterocycles. The third-order valence-electron chi connectivity index (χ3n) is 7.34. The molecule has 2 aliphatic rings. The number of sulfonamides is 1. The average Bonchev–Trinajstić information content (AvgIpc) is 3.30. The van der Waals surface area contributed by atoms with Gasteiger partial charge in [-0.05, 0) is 43.9 Å². The molecule has 1 aliphatic carbocycles. The van der Waals surface area contributed by atoms with Crippen LogP contribution in [0.3, 0.4) is 0 Å². The number of hydrogen-bond donors (Lipinski definition) is 2. The van der Waals surface area contributed by atoms with Crippen LogP contribution >= 0.6 is 0 Å². The van der Waals surface area contributed by atoms with Gasteiger partial charge in [0.15, 0.2) is 0 Å². The highest BCUT2D eigenvalue weighted by molar-refractivity contribution is 7.89. The first-order valence-corrected chi connectivity index (χ1v) is 14.3. The maximum atomic E-state index is 13.5. The average molecular weight is 495 g/mol. The molecule has 2 aromatic carbocycles. The summed E-state index contributed by atoms with van der Waals surface area (Å²) in [5, 5.41) is 3.24. The van der Waals surface area contributed by atoms with E-state index in [1.807, 2.05) is 30.3 Å². The van der Waals surface area contributed by atoms with Crippen molar-refractivity contribution < 1.29 is 13.2 Å². The first-order valence-electron chi connectivity index (χ1n) is 12.9. The Kier molecular flexibility index (Phi) is 7.20. The van der Waals surface area contributed by atoms with Crippen molar-refractivity contribution in [2.45, 2.75) is 68.7 Å². The summed E-state index contributed by atoms with van der Waals surface area (Å²) in [7, 11) is -3.71. The lowest BCUT2D eigenvalue weighted by molar-refractivity contribution is -0.126. The maximum absolute atomic E-state index is 13.5. The fourth-order valence-electron chi connectivity index (χ4n) is 5.33. The zero-order valence-electron chi connectivity index (χ0n) is 20.1. The number of carbonyl (C=O) groups excluding carboxylic acids is 1. The number of nitrogens with zero attached hydrogens (tertiary/aromatic N) is 2. The summed E-state index contributed by atoms with van der Waals surface area (Å²) < 4.78 is 28.5. The summed E-state index contributed by atoms with van der Waals surface area (Å²) >= 11 is 0. The Hall–Kier alpha value is -2.71. The molecule has 0 radical (unpaired) electrons. The van der Waals surface area contributed by atoms with Crippen LogP contribution in [0.1, 0.15) is 57.8 Å². The number of imidazole rings is 1. The quantitative estimate of drug-likeness (QED) is 0.530. The van der Waals surface area contributed by atoms with E-state index in [0.717, 1.165) is 43.2 Å². The minimum absolute atomic E-state index is 0.00648. The summed E-state index contributed by atoms with van der Waals surface area (Å²) in [6.45, 7) is 0.670. The Morgan fingerprint density at radius 2 is 1.69 bits per heavy atom. The number of benzene rings is 2. The number of H-pyrrole nitrogens is 1. The van der Waals surface area contributed by atoms with Crippen LogP contribution in [0.15, 0.2) is 53.4 Å². The van der Waals surface area contributed by atoms with Crippen molar-refractivity contribution in [3.05, 3.63) is 48.5 Å². The van der Waals surface area contributed by atoms with Gasteiger partial charge in [0, 0.05) is 24.7 Å². The van der Waals surface area contributed by atoms with Crippen molar-refractivity contribution in [1.82, 2.24) is 19.6 Å². The monoisotopic (exact) mass is 494 g/mol. The number of piperidine rings is 1. The fourth-order valence-corrected chi connectivity index (χ4v) is 6.88. The summed E-state index contributed by atoms with van der Waals surface area (Å²) in [6.07, 6.45) is 9.51. The molecule has 1 aromatic heterocycles. The number of fused-ring (bicyclic) bond motifs is 1. The second-order valence-corrected chi connectivity index (χ2v) is 11.8. The summed E-state index contributed by atoms with van der Waals surface area (Å²) in [5.74, 6) is 0.413. The van der Waals surface area contributed by atoms with Gasteiger partial charge in [-0.2, -0.15) is 4.31 Å². The first kappa shape index (κ1) is 24.0. The third-order valence-corrected chi connectivity index (χ3v) is 9.21. The number of rotatable bonds is 5. The summed E-state index contributed by atoms with van der Waals surface area (Å²) in [6, 6.07) is 15.0. The van der Waals surface area contributed by atoms with Gasteiger partial charge in [-0.25, -0.2) is 13.4 Å². The molecule has 1 amide bonds. The normalized spacial score (nSPS) is 20.9. The maximum Gasteiger partial charge on any atom is 0.243 e. The highest BCUT2D eigenvalue weighted by Crippen LogP contribution is 2.28. The first-order chi connectivity index (χ1) is 17.0. The molecule has 35 heavy (non-hydrogen) atoms. The molecular weight excluding hydrogens is 460 g/mol. The molecule has 1 saturated heterocycles. The lowest BCUT2D eigenvalue weighted by Gasteiger charge is -2.32. The number of nitrogens with one attached hydrogen (secondary N) is 2. The standard InChI is InChI=1S/C27H34N4O3S/c32-27(28-22-13-7-2-1-3-8-14-22)21-12-9-17-31(19-21)35(33,34)23-15-16-24-25(18-23)30-26(29-24)20-10-5-4-6-11-20/h4-6,10-11,15-16,18,21-22H,1-3,7-9,12-14,17,19H2,(H,28,32)(H,29,30). The largest absolute Gasteiger partial charge is 0.353 e. The van der Waals surface area contributed by atoms with E-state index in [2.05, 4.69) is 15.3 Å². The van der Waals surface area contributed by atoms with Crippen molar-refractivity contribution in [1.29, 1.82) is 0 Å². The molecule has 1 unspecified atom stereocenters. The van der Waals surface area contributed by atoms with Crippen LogP contribution in [0.5, 0.6) is 0 Å². The van der Waals surface area contributed by atoms with E-state index in [1.54, 1.807) is 18.2 Å². The van der Waals surface area contributed by atoms with Gasteiger partial charge in [0.25, 0.3) is 0 Å². The fraction of sp³-hybridized carbons (Fsp3) is 0.481. The number of aromatic nitrogens is 2. The Morgan fingerprint density at radius 3 is 2.46 bits per heavy atom. The van der Waals surface area contributed by atoms with E-state index in [-0.39, 0.29) is 29.3 Å². The van der Waals surface area contributed by atoms with Crippen LogP contribution in [0.2, 0.25) is 0 Å². The lowest BCUT2D eigenvalue weighted by atomic mass is 9.94. The van der Waals surface area contributed by atoms with Crippen LogP contribution in [-0.4, -0.2) is 47.7 Å². The number of carbonyl (C=O) groups is 1. The third kappa shape index (κ3) is 5.43. The van der Waals surface area contributed by atoms with Crippen molar-refractivity contribution in [2.75, 3.05) is 13.1 Å². The van der Waals surface area contributed by atoms with E-state index in [1.165, 1.54) is 23.6 Å². The van der Waals surface area contributed by atoms with Crippen LogP contribution in [-0.2, 0) is 14.8 Å². The van der Waals surface area contributed by atoms with Gasteiger partial charge < -0.3 is 10.3 Å². The molecule has 1 saturated carbocycles. The number of amides is 1. The van der Waals surface area contributed by atoms with E-state index in [0.29, 0.717) is 24.3 Å². The van der Waals surface area contributed by atoms with Crippen LogP contribution in [0.25, 0.3) is 22.4 Å². The molecule has 3 aromatic rings. The molecule has 2 heterocycles. The van der Waals surface area contributed by atoms with Gasteiger partial charge in [0.1, 0.15) is 5.82 Å². The molecule has 0 spiro atoms. The van der Waals surface area contributed by atoms with Crippen molar-refractivity contribution in [2.24, 2.45) is 5.92 Å². The zero-order chi connectivity index (χ0) is 24.3. The van der Waals surface area contributed by atoms with E-state index in [9.17, 15) is 13.2 Å². The minimum Gasteiger partial charge on any atom is -0.353 e. The lowest BCUT2D eigenvalue weighted by Crippen LogP contribution is -2.47. The van der Waals surface area contributed by atoms with Crippen LogP contribution in [0.4, 0.5) is 0 Å². The molecule has 8 heteroatoms. The second-order valence-electron chi connectivity index (χ2n) is 9.88. The SMILES string of the molecule is O=C(NC1CCCCCCC1)C1CCCN(S(=O)(=O)c2ccc3nc(-c4ccccc4)[nH]c3c2)C1. The van der Waals surface area contributed by atoms with Crippen LogP contribution in [0, 0.1) is 5.92 Å². The van der Waals surface area contributed by atoms with E-state index in [4.69, 9.17) is 0 Å². The molecule has 2 N–H and O–H groups in total. The number of aromatic amines is 1. The predicted molar refractivity (Wildman–Crippen MR) is 137 cm³/mol. The number of hydrogen-bond acceptors (Lipinski definition) is 4. The summed E-state index contributed by atoms with van der Waals surface area (Å²) in [5.41, 5.74) is 2.35. The van der Waals surface area contributed by atoms with Crippen molar-refractivity contribution >= 4 is 27.0 Å². The predicted octanol–water partition coefficient (Wildman–Crippen LogP) is 4.86. The Morgan fingerprint density at radius 1 is 0.943 bits per heavy atom. The summed E-state index contributed by atoms with van der Waals surface area (Å²) in [4.78, 5) is 21.1. The van der Waals surface area contributed by atoms with Crippen molar-refractivity contribution in [3.8, 4) is 11.4 Å². The molecule has 7 nitrogen and oxygen atoms in total. The smallest absolute Gasteiger partial charge is 0.243 e.